The van der Waals surface area contributed by atoms with Crippen molar-refractivity contribution in [3.8, 4) is 11.6 Å². The molecule has 1 heterocycles. The number of ether oxygens (including phenoxy) is 2. The Morgan fingerprint density at radius 3 is 2.60 bits per heavy atom. The summed E-state index contributed by atoms with van der Waals surface area (Å²) in [7, 11) is 1.40. The van der Waals surface area contributed by atoms with E-state index in [1.165, 1.54) is 7.11 Å². The number of rotatable bonds is 5. The van der Waals surface area contributed by atoms with Crippen LogP contribution < -0.4 is 4.74 Å². The second-order valence-corrected chi connectivity index (χ2v) is 4.45. The van der Waals surface area contributed by atoms with E-state index >= 15 is 0 Å². The maximum atomic E-state index is 11.1. The molecule has 0 atom stereocenters. The molecular weight excluding hydrogens is 254 g/mol. The lowest BCUT2D eigenvalue weighted by atomic mass is 10.1. The average molecular weight is 271 g/mol. The number of aryl methyl sites for hydroxylation is 2. The van der Waals surface area contributed by atoms with Gasteiger partial charge in [-0.2, -0.15) is 0 Å². The molecule has 0 saturated carbocycles. The smallest absolute Gasteiger partial charge is 0.305 e. The predicted octanol–water partition coefficient (Wildman–Crippen LogP) is 3.29. The summed E-state index contributed by atoms with van der Waals surface area (Å²) in [5.74, 6) is 1.14. The zero-order chi connectivity index (χ0) is 14.4. The fourth-order valence-electron chi connectivity index (χ4n) is 1.76. The highest BCUT2D eigenvalue weighted by Crippen LogP contribution is 2.22. The lowest BCUT2D eigenvalue weighted by Crippen LogP contribution is -2.01. The number of pyridine rings is 1. The summed E-state index contributed by atoms with van der Waals surface area (Å²) >= 11 is 0. The molecule has 0 fully saturated rings. The molecule has 1 aromatic heterocycles. The third kappa shape index (κ3) is 3.82. The van der Waals surface area contributed by atoms with E-state index in [0.717, 1.165) is 16.9 Å². The Kier molecular flexibility index (Phi) is 4.71. The van der Waals surface area contributed by atoms with E-state index in [1.54, 1.807) is 6.20 Å². The van der Waals surface area contributed by atoms with E-state index in [4.69, 9.17) is 4.74 Å². The summed E-state index contributed by atoms with van der Waals surface area (Å²) in [4.78, 5) is 15.3. The molecule has 2 rings (SSSR count). The minimum absolute atomic E-state index is 0.200. The summed E-state index contributed by atoms with van der Waals surface area (Å²) in [5, 5.41) is 0. The summed E-state index contributed by atoms with van der Waals surface area (Å²) in [6.07, 6.45) is 2.75. The molecule has 0 saturated heterocycles. The Bertz CT molecular complexity index is 579. The second-order valence-electron chi connectivity index (χ2n) is 4.45. The first kappa shape index (κ1) is 14.1. The van der Waals surface area contributed by atoms with Gasteiger partial charge in [-0.15, -0.1) is 0 Å². The Morgan fingerprint density at radius 1 is 1.20 bits per heavy atom. The van der Waals surface area contributed by atoms with Crippen LogP contribution in [0.25, 0.3) is 0 Å². The van der Waals surface area contributed by atoms with Crippen LogP contribution in [0.5, 0.6) is 11.6 Å². The number of hydrogen-bond donors (Lipinski definition) is 0. The molecular formula is C16H17NO3. The van der Waals surface area contributed by atoms with Gasteiger partial charge < -0.3 is 9.47 Å². The average Bonchev–Trinajstić information content (AvgIpc) is 2.48. The van der Waals surface area contributed by atoms with Crippen LogP contribution in [0.2, 0.25) is 0 Å². The Morgan fingerprint density at radius 2 is 1.95 bits per heavy atom. The van der Waals surface area contributed by atoms with E-state index < -0.39 is 0 Å². The van der Waals surface area contributed by atoms with Crippen LogP contribution in [0.15, 0.2) is 42.6 Å². The molecule has 104 valence electrons. The normalized spacial score (nSPS) is 10.1. The van der Waals surface area contributed by atoms with Gasteiger partial charge in [0.25, 0.3) is 0 Å². The van der Waals surface area contributed by atoms with Crippen molar-refractivity contribution in [1.82, 2.24) is 4.98 Å². The molecule has 0 unspecified atom stereocenters. The predicted molar refractivity (Wildman–Crippen MR) is 75.8 cm³/mol. The number of nitrogens with zero attached hydrogens (tertiary/aromatic N) is 1. The van der Waals surface area contributed by atoms with E-state index in [9.17, 15) is 4.79 Å². The summed E-state index contributed by atoms with van der Waals surface area (Å²) < 4.78 is 10.3. The summed E-state index contributed by atoms with van der Waals surface area (Å²) in [6, 6.07) is 11.5. The van der Waals surface area contributed by atoms with E-state index in [0.29, 0.717) is 18.7 Å². The van der Waals surface area contributed by atoms with Crippen molar-refractivity contribution in [1.29, 1.82) is 0 Å². The highest BCUT2D eigenvalue weighted by atomic mass is 16.5. The fourth-order valence-corrected chi connectivity index (χ4v) is 1.76. The molecule has 0 radical (unpaired) electrons. The lowest BCUT2D eigenvalue weighted by molar-refractivity contribution is -0.140. The largest absolute Gasteiger partial charge is 0.469 e. The van der Waals surface area contributed by atoms with Gasteiger partial charge in [0.2, 0.25) is 5.88 Å². The van der Waals surface area contributed by atoms with Crippen LogP contribution in [0.1, 0.15) is 17.5 Å². The molecule has 1 aromatic carbocycles. The molecule has 0 bridgehead atoms. The van der Waals surface area contributed by atoms with Gasteiger partial charge in [0.05, 0.1) is 7.11 Å². The van der Waals surface area contributed by atoms with Gasteiger partial charge >= 0.3 is 5.97 Å². The Labute approximate surface area is 118 Å². The number of methoxy groups -OCH3 is 1. The van der Waals surface area contributed by atoms with Crippen molar-refractivity contribution >= 4 is 5.97 Å². The van der Waals surface area contributed by atoms with Crippen molar-refractivity contribution < 1.29 is 14.3 Å². The fraction of sp³-hybridized carbons (Fsp3) is 0.250. The van der Waals surface area contributed by atoms with Crippen molar-refractivity contribution in [2.24, 2.45) is 0 Å². The topological polar surface area (TPSA) is 48.4 Å². The van der Waals surface area contributed by atoms with Gasteiger partial charge in [0.1, 0.15) is 5.75 Å². The van der Waals surface area contributed by atoms with Crippen LogP contribution >= 0.6 is 0 Å². The molecule has 0 N–H and O–H groups in total. The van der Waals surface area contributed by atoms with Gasteiger partial charge in [-0.25, -0.2) is 4.98 Å². The minimum atomic E-state index is -0.200. The van der Waals surface area contributed by atoms with Crippen LogP contribution in [-0.2, 0) is 16.0 Å². The second kappa shape index (κ2) is 6.70. The maximum Gasteiger partial charge on any atom is 0.305 e. The molecule has 20 heavy (non-hydrogen) atoms. The van der Waals surface area contributed by atoms with Crippen LogP contribution in [0, 0.1) is 6.92 Å². The van der Waals surface area contributed by atoms with Gasteiger partial charge in [-0.05, 0) is 37.1 Å². The van der Waals surface area contributed by atoms with Gasteiger partial charge in [0.15, 0.2) is 0 Å². The SMILES string of the molecule is COC(=O)CCc1ccc(Oc2ncccc2C)cc1. The lowest BCUT2D eigenvalue weighted by Gasteiger charge is -2.07. The van der Waals surface area contributed by atoms with E-state index in [-0.39, 0.29) is 5.97 Å². The zero-order valence-electron chi connectivity index (χ0n) is 11.6. The highest BCUT2D eigenvalue weighted by Gasteiger charge is 2.04. The first-order valence-corrected chi connectivity index (χ1v) is 6.44. The Balaban J connectivity index is 1.98. The van der Waals surface area contributed by atoms with Gasteiger partial charge in [0, 0.05) is 18.2 Å². The van der Waals surface area contributed by atoms with Gasteiger partial charge in [-0.1, -0.05) is 18.2 Å². The number of benzene rings is 1. The minimum Gasteiger partial charge on any atom is -0.469 e. The number of carbonyl (C=O) groups excluding carboxylic acids is 1. The molecule has 4 heteroatoms. The van der Waals surface area contributed by atoms with Crippen LogP contribution in [-0.4, -0.2) is 18.1 Å². The monoisotopic (exact) mass is 271 g/mol. The molecule has 0 amide bonds. The standard InChI is InChI=1S/C16H17NO3/c1-12-4-3-11-17-16(12)20-14-8-5-13(6-9-14)7-10-15(18)19-2/h3-6,8-9,11H,7,10H2,1-2H3. The Hall–Kier alpha value is -2.36. The molecule has 0 spiro atoms. The summed E-state index contributed by atoms with van der Waals surface area (Å²) in [6.45, 7) is 1.95. The highest BCUT2D eigenvalue weighted by molar-refractivity contribution is 5.69. The molecule has 4 nitrogen and oxygen atoms in total. The first-order valence-electron chi connectivity index (χ1n) is 6.44. The molecule has 0 aliphatic carbocycles. The van der Waals surface area contributed by atoms with Crippen molar-refractivity contribution in [2.75, 3.05) is 7.11 Å². The van der Waals surface area contributed by atoms with E-state index in [2.05, 4.69) is 9.72 Å². The van der Waals surface area contributed by atoms with Crippen molar-refractivity contribution in [2.45, 2.75) is 19.8 Å². The summed E-state index contributed by atoms with van der Waals surface area (Å²) in [5.41, 5.74) is 2.06. The molecule has 2 aromatic rings. The maximum absolute atomic E-state index is 11.1. The molecule has 0 aliphatic heterocycles. The quantitative estimate of drug-likeness (QED) is 0.783. The first-order chi connectivity index (χ1) is 9.69. The third-order valence-electron chi connectivity index (χ3n) is 2.94. The van der Waals surface area contributed by atoms with E-state index in [1.807, 2.05) is 43.3 Å². The molecule has 0 aliphatic rings. The third-order valence-corrected chi connectivity index (χ3v) is 2.94. The van der Waals surface area contributed by atoms with Crippen LogP contribution in [0.4, 0.5) is 0 Å². The van der Waals surface area contributed by atoms with Crippen LogP contribution in [0.3, 0.4) is 0 Å². The number of carbonyl (C=O) groups is 1. The number of aromatic nitrogens is 1. The zero-order valence-corrected chi connectivity index (χ0v) is 11.6. The van der Waals surface area contributed by atoms with Gasteiger partial charge in [-0.3, -0.25) is 4.79 Å². The number of esters is 1. The van der Waals surface area contributed by atoms with Crippen molar-refractivity contribution in [3.63, 3.8) is 0 Å². The van der Waals surface area contributed by atoms with Crippen molar-refractivity contribution in [3.05, 3.63) is 53.7 Å². The number of hydrogen-bond acceptors (Lipinski definition) is 4.